The van der Waals surface area contributed by atoms with Gasteiger partial charge in [-0.1, -0.05) is 44.2 Å². The first-order valence-corrected chi connectivity index (χ1v) is 5.60. The molecule has 0 amide bonds. The highest BCUT2D eigenvalue weighted by atomic mass is 16.6. The average Bonchev–Trinajstić information content (AvgIpc) is 2.56. The van der Waals surface area contributed by atoms with Crippen LogP contribution in [0.5, 0.6) is 0 Å². The van der Waals surface area contributed by atoms with E-state index in [4.69, 9.17) is 4.74 Å². The van der Waals surface area contributed by atoms with Crippen molar-refractivity contribution < 1.29 is 9.53 Å². The average molecular weight is 218 g/mol. The van der Waals surface area contributed by atoms with Gasteiger partial charge in [0.05, 0.1) is 0 Å². The number of carbonyl (C=O) groups excluding carboxylic acids is 1. The molecule has 0 aromatic heterocycles. The van der Waals surface area contributed by atoms with Crippen molar-refractivity contribution in [3.63, 3.8) is 0 Å². The van der Waals surface area contributed by atoms with Gasteiger partial charge >= 0.3 is 5.97 Å². The van der Waals surface area contributed by atoms with Gasteiger partial charge in [-0.15, -0.1) is 0 Å². The summed E-state index contributed by atoms with van der Waals surface area (Å²) in [5.41, 5.74) is 1.49. The Hall–Kier alpha value is -1.57. The molecular weight excluding hydrogens is 200 g/mol. The molecule has 0 saturated carbocycles. The number of rotatable bonds is 1. The Morgan fingerprint density at radius 2 is 1.62 bits per heavy atom. The molecule has 2 heteroatoms. The summed E-state index contributed by atoms with van der Waals surface area (Å²) in [5.74, 6) is -0.256. The maximum absolute atomic E-state index is 11.1. The molecule has 0 spiro atoms. The van der Waals surface area contributed by atoms with Gasteiger partial charge in [-0.3, -0.25) is 0 Å². The monoisotopic (exact) mass is 218 g/mol. The lowest BCUT2D eigenvalue weighted by atomic mass is 9.93. The SMILES string of the molecule is CC.CC1(C)OC(=O)C=C1c1ccccc1. The highest BCUT2D eigenvalue weighted by Crippen LogP contribution is 2.34. The largest absolute Gasteiger partial charge is 0.452 e. The van der Waals surface area contributed by atoms with Gasteiger partial charge in [0.15, 0.2) is 0 Å². The second-order valence-electron chi connectivity index (χ2n) is 3.86. The van der Waals surface area contributed by atoms with Crippen molar-refractivity contribution in [1.82, 2.24) is 0 Å². The molecule has 2 nitrogen and oxygen atoms in total. The van der Waals surface area contributed by atoms with Crippen LogP contribution in [-0.2, 0) is 9.53 Å². The summed E-state index contributed by atoms with van der Waals surface area (Å²) in [6.45, 7) is 7.80. The van der Waals surface area contributed by atoms with Crippen LogP contribution in [0.2, 0.25) is 0 Å². The predicted octanol–water partition coefficient (Wildman–Crippen LogP) is 3.43. The van der Waals surface area contributed by atoms with Gasteiger partial charge in [-0.05, 0) is 19.4 Å². The maximum Gasteiger partial charge on any atom is 0.332 e. The van der Waals surface area contributed by atoms with E-state index in [1.165, 1.54) is 0 Å². The summed E-state index contributed by atoms with van der Waals surface area (Å²) >= 11 is 0. The molecule has 0 bridgehead atoms. The third-order valence-corrected chi connectivity index (χ3v) is 2.35. The van der Waals surface area contributed by atoms with Gasteiger partial charge in [0.2, 0.25) is 0 Å². The molecule has 0 N–H and O–H groups in total. The zero-order valence-electron chi connectivity index (χ0n) is 10.3. The molecule has 0 atom stereocenters. The molecule has 16 heavy (non-hydrogen) atoms. The van der Waals surface area contributed by atoms with Crippen LogP contribution in [0.3, 0.4) is 0 Å². The number of cyclic esters (lactones) is 1. The molecule has 0 fully saturated rings. The van der Waals surface area contributed by atoms with Crippen molar-refractivity contribution in [3.05, 3.63) is 42.0 Å². The Balaban J connectivity index is 0.000000606. The van der Waals surface area contributed by atoms with Crippen LogP contribution in [0.15, 0.2) is 36.4 Å². The van der Waals surface area contributed by atoms with Gasteiger partial charge in [0.1, 0.15) is 5.60 Å². The van der Waals surface area contributed by atoms with Crippen molar-refractivity contribution in [2.45, 2.75) is 33.3 Å². The zero-order valence-corrected chi connectivity index (χ0v) is 10.3. The number of carbonyl (C=O) groups is 1. The minimum atomic E-state index is -0.502. The molecule has 1 heterocycles. The summed E-state index contributed by atoms with van der Waals surface area (Å²) in [6, 6.07) is 9.82. The maximum atomic E-state index is 11.1. The fourth-order valence-corrected chi connectivity index (χ4v) is 1.68. The van der Waals surface area contributed by atoms with E-state index in [0.717, 1.165) is 11.1 Å². The third-order valence-electron chi connectivity index (χ3n) is 2.35. The summed E-state index contributed by atoms with van der Waals surface area (Å²) in [4.78, 5) is 11.1. The standard InChI is InChI=1S/C12H12O2.C2H6/c1-12(2)10(8-11(13)14-12)9-6-4-3-5-7-9;1-2/h3-8H,1-2H3;1-2H3. The molecule has 1 aromatic carbocycles. The van der Waals surface area contributed by atoms with Gasteiger partial charge in [-0.2, -0.15) is 0 Å². The Morgan fingerprint density at radius 3 is 2.06 bits per heavy atom. The van der Waals surface area contributed by atoms with E-state index in [1.807, 2.05) is 58.0 Å². The van der Waals surface area contributed by atoms with E-state index in [-0.39, 0.29) is 5.97 Å². The van der Waals surface area contributed by atoms with E-state index in [0.29, 0.717) is 0 Å². The van der Waals surface area contributed by atoms with Crippen LogP contribution >= 0.6 is 0 Å². The van der Waals surface area contributed by atoms with Crippen molar-refractivity contribution >= 4 is 11.5 Å². The molecule has 1 aromatic rings. The second-order valence-corrected chi connectivity index (χ2v) is 3.86. The van der Waals surface area contributed by atoms with E-state index >= 15 is 0 Å². The first-order chi connectivity index (χ1) is 7.59. The Bertz CT molecular complexity index is 388. The fraction of sp³-hybridized carbons (Fsp3) is 0.357. The highest BCUT2D eigenvalue weighted by Gasteiger charge is 2.34. The number of benzene rings is 1. The van der Waals surface area contributed by atoms with Crippen LogP contribution in [0, 0.1) is 0 Å². The summed E-state index contributed by atoms with van der Waals surface area (Å²) in [5, 5.41) is 0. The molecule has 86 valence electrons. The number of hydrogen-bond acceptors (Lipinski definition) is 2. The molecule has 2 rings (SSSR count). The smallest absolute Gasteiger partial charge is 0.332 e. The number of esters is 1. The van der Waals surface area contributed by atoms with Crippen molar-refractivity contribution in [2.75, 3.05) is 0 Å². The van der Waals surface area contributed by atoms with Crippen LogP contribution in [0.25, 0.3) is 5.57 Å². The Kier molecular flexibility index (Phi) is 3.88. The number of hydrogen-bond donors (Lipinski definition) is 0. The Morgan fingerprint density at radius 1 is 1.06 bits per heavy atom. The lowest BCUT2D eigenvalue weighted by molar-refractivity contribution is -0.142. The van der Waals surface area contributed by atoms with Crippen molar-refractivity contribution in [1.29, 1.82) is 0 Å². The molecular formula is C14H18O2. The molecule has 0 unspecified atom stereocenters. The molecule has 0 aliphatic carbocycles. The minimum absolute atomic E-state index is 0.256. The molecule has 0 saturated heterocycles. The van der Waals surface area contributed by atoms with Gasteiger partial charge < -0.3 is 4.74 Å². The van der Waals surface area contributed by atoms with Crippen LogP contribution in [0.1, 0.15) is 33.3 Å². The fourth-order valence-electron chi connectivity index (χ4n) is 1.68. The normalized spacial score (nSPS) is 17.0. The number of ether oxygens (including phenoxy) is 1. The second kappa shape index (κ2) is 4.97. The quantitative estimate of drug-likeness (QED) is 0.675. The van der Waals surface area contributed by atoms with E-state index < -0.39 is 5.60 Å². The van der Waals surface area contributed by atoms with Gasteiger partial charge in [-0.25, -0.2) is 4.79 Å². The topological polar surface area (TPSA) is 26.3 Å². The van der Waals surface area contributed by atoms with Gasteiger partial charge in [0.25, 0.3) is 0 Å². The third kappa shape index (κ3) is 2.51. The summed E-state index contributed by atoms with van der Waals surface area (Å²) in [6.07, 6.45) is 1.56. The van der Waals surface area contributed by atoms with E-state index in [1.54, 1.807) is 6.08 Å². The minimum Gasteiger partial charge on any atom is -0.452 e. The molecule has 1 aliphatic heterocycles. The highest BCUT2D eigenvalue weighted by molar-refractivity contribution is 5.98. The van der Waals surface area contributed by atoms with Crippen molar-refractivity contribution in [3.8, 4) is 0 Å². The Labute approximate surface area is 96.9 Å². The van der Waals surface area contributed by atoms with Crippen molar-refractivity contribution in [2.24, 2.45) is 0 Å². The first-order valence-electron chi connectivity index (χ1n) is 5.60. The van der Waals surface area contributed by atoms with Gasteiger partial charge in [0, 0.05) is 11.6 Å². The lowest BCUT2D eigenvalue weighted by Crippen LogP contribution is -2.22. The zero-order chi connectivity index (χ0) is 12.2. The predicted molar refractivity (Wildman–Crippen MR) is 65.9 cm³/mol. The van der Waals surface area contributed by atoms with E-state index in [9.17, 15) is 4.79 Å². The van der Waals surface area contributed by atoms with Crippen LogP contribution in [0.4, 0.5) is 0 Å². The molecule has 0 radical (unpaired) electrons. The first kappa shape index (κ1) is 12.5. The lowest BCUT2D eigenvalue weighted by Gasteiger charge is -2.21. The van der Waals surface area contributed by atoms with E-state index in [2.05, 4.69) is 0 Å². The molecule has 1 aliphatic rings. The van der Waals surface area contributed by atoms with Crippen LogP contribution < -0.4 is 0 Å². The van der Waals surface area contributed by atoms with Crippen LogP contribution in [-0.4, -0.2) is 11.6 Å². The summed E-state index contributed by atoms with van der Waals surface area (Å²) < 4.78 is 5.18. The summed E-state index contributed by atoms with van der Waals surface area (Å²) in [7, 11) is 0.